The Morgan fingerprint density at radius 3 is 1.02 bits per heavy atom. The van der Waals surface area contributed by atoms with Crippen LogP contribution in [0.1, 0.15) is 145 Å². The molecule has 0 radical (unpaired) electrons. The van der Waals surface area contributed by atoms with Gasteiger partial charge in [-0.3, -0.25) is 4.48 Å². The molecule has 0 N–H and O–H groups in total. The second-order valence-corrected chi connectivity index (χ2v) is 15.4. The quantitative estimate of drug-likeness (QED) is 0.0509. The highest BCUT2D eigenvalue weighted by Gasteiger charge is 2.21. The van der Waals surface area contributed by atoms with Crippen molar-refractivity contribution in [3.8, 4) is 0 Å². The van der Waals surface area contributed by atoms with E-state index in [1.165, 1.54) is 156 Å². The molecule has 48 heavy (non-hydrogen) atoms. The predicted octanol–water partition coefficient (Wildman–Crippen LogP) is 12.6. The van der Waals surface area contributed by atoms with Gasteiger partial charge in [-0.05, 0) is 65.9 Å². The van der Waals surface area contributed by atoms with Crippen molar-refractivity contribution in [3.05, 3.63) is 89.5 Å². The monoisotopic (exact) mass is 655 g/mol. The number of hydrogen-bond acceptors (Lipinski definition) is 2. The highest BCUT2D eigenvalue weighted by Crippen LogP contribution is 2.35. The largest absolute Gasteiger partial charge is 0.378 e. The molecular weight excluding hydrogens is 583 g/mol. The van der Waals surface area contributed by atoms with Crippen LogP contribution in [0.4, 0.5) is 17.1 Å². The van der Waals surface area contributed by atoms with Crippen LogP contribution >= 0.6 is 0 Å². The Bertz CT molecular complexity index is 1170. The van der Waals surface area contributed by atoms with E-state index in [0.717, 1.165) is 4.48 Å². The SMILES string of the molecule is CCCCCCCCCCCCCCCCCCCC[N+](C)(C)c1ccc(C(c2ccc(N(C)C)cc2)c2ccc(N(C)C)cc2)cc1. The molecule has 266 valence electrons. The summed E-state index contributed by atoms with van der Waals surface area (Å²) in [5.41, 5.74) is 7.87. The Hall–Kier alpha value is -2.78. The van der Waals surface area contributed by atoms with Gasteiger partial charge in [0.15, 0.2) is 0 Å². The molecule has 3 aromatic carbocycles. The maximum absolute atomic E-state index is 2.38. The maximum Gasteiger partial charge on any atom is 0.132 e. The van der Waals surface area contributed by atoms with Crippen molar-refractivity contribution in [2.45, 2.75) is 128 Å². The summed E-state index contributed by atoms with van der Waals surface area (Å²) < 4.78 is 0.943. The number of anilines is 2. The van der Waals surface area contributed by atoms with Crippen LogP contribution in [0.5, 0.6) is 0 Å². The topological polar surface area (TPSA) is 6.48 Å². The summed E-state index contributed by atoms with van der Waals surface area (Å²) in [4.78, 5) is 4.33. The Labute approximate surface area is 297 Å². The van der Waals surface area contributed by atoms with Crippen LogP contribution in [0.3, 0.4) is 0 Å². The highest BCUT2D eigenvalue weighted by atomic mass is 15.3. The van der Waals surface area contributed by atoms with Gasteiger partial charge in [0.2, 0.25) is 0 Å². The first-order valence-corrected chi connectivity index (χ1v) is 19.7. The normalized spacial score (nSPS) is 11.8. The predicted molar refractivity (Wildman–Crippen MR) is 216 cm³/mol. The van der Waals surface area contributed by atoms with E-state index in [2.05, 4.69) is 132 Å². The van der Waals surface area contributed by atoms with E-state index in [0.29, 0.717) is 0 Å². The van der Waals surface area contributed by atoms with Gasteiger partial charge in [0.25, 0.3) is 0 Å². The zero-order valence-corrected chi connectivity index (χ0v) is 32.3. The van der Waals surface area contributed by atoms with E-state index in [9.17, 15) is 0 Å². The van der Waals surface area contributed by atoms with Gasteiger partial charge in [0.1, 0.15) is 5.69 Å². The molecule has 0 aliphatic heterocycles. The fraction of sp³-hybridized carbons (Fsp3) is 0.600. The molecule has 0 heterocycles. The lowest BCUT2D eigenvalue weighted by atomic mass is 9.85. The molecule has 0 spiro atoms. The van der Waals surface area contributed by atoms with Crippen LogP contribution < -0.4 is 14.3 Å². The molecule has 3 heteroatoms. The molecular formula is C45H72N3+. The summed E-state index contributed by atoms with van der Waals surface area (Å²) in [6.45, 7) is 3.50. The fourth-order valence-corrected chi connectivity index (χ4v) is 7.12. The van der Waals surface area contributed by atoms with Crippen molar-refractivity contribution in [1.29, 1.82) is 0 Å². The summed E-state index contributed by atoms with van der Waals surface area (Å²) in [7, 11) is 13.2. The van der Waals surface area contributed by atoms with E-state index in [-0.39, 0.29) is 5.92 Å². The van der Waals surface area contributed by atoms with E-state index in [4.69, 9.17) is 0 Å². The summed E-state index contributed by atoms with van der Waals surface area (Å²) in [6, 6.07) is 27.6. The Balaban J connectivity index is 1.39. The molecule has 3 nitrogen and oxygen atoms in total. The van der Waals surface area contributed by atoms with Crippen LogP contribution in [-0.4, -0.2) is 48.8 Å². The Kier molecular flexibility index (Phi) is 18.2. The molecule has 0 aliphatic rings. The van der Waals surface area contributed by atoms with E-state index in [1.807, 2.05) is 0 Å². The number of unbranched alkanes of at least 4 members (excludes halogenated alkanes) is 17. The van der Waals surface area contributed by atoms with E-state index < -0.39 is 0 Å². The van der Waals surface area contributed by atoms with Crippen molar-refractivity contribution < 1.29 is 0 Å². The van der Waals surface area contributed by atoms with Gasteiger partial charge in [-0.2, -0.15) is 0 Å². The molecule has 0 saturated heterocycles. The first-order valence-electron chi connectivity index (χ1n) is 19.7. The van der Waals surface area contributed by atoms with Crippen LogP contribution in [0.15, 0.2) is 72.8 Å². The third-order valence-electron chi connectivity index (χ3n) is 10.5. The van der Waals surface area contributed by atoms with Crippen LogP contribution in [0.25, 0.3) is 0 Å². The fourth-order valence-electron chi connectivity index (χ4n) is 7.12. The highest BCUT2D eigenvalue weighted by molar-refractivity contribution is 5.54. The smallest absolute Gasteiger partial charge is 0.132 e. The summed E-state index contributed by atoms with van der Waals surface area (Å²) in [5.74, 6) is 0.206. The summed E-state index contributed by atoms with van der Waals surface area (Å²) in [5, 5.41) is 0. The number of benzene rings is 3. The van der Waals surface area contributed by atoms with Crippen LogP contribution in [0, 0.1) is 0 Å². The molecule has 0 atom stereocenters. The molecule has 3 rings (SSSR count). The number of nitrogens with zero attached hydrogens (tertiary/aromatic N) is 3. The zero-order valence-electron chi connectivity index (χ0n) is 32.3. The summed E-state index contributed by atoms with van der Waals surface area (Å²) in [6.07, 6.45) is 25.7. The first-order chi connectivity index (χ1) is 23.2. The molecule has 0 saturated carbocycles. The average Bonchev–Trinajstić information content (AvgIpc) is 3.08. The second kappa shape index (κ2) is 22.0. The van der Waals surface area contributed by atoms with Gasteiger partial charge in [0.05, 0.1) is 20.6 Å². The lowest BCUT2D eigenvalue weighted by Crippen LogP contribution is -2.41. The number of hydrogen-bond donors (Lipinski definition) is 0. The minimum Gasteiger partial charge on any atom is -0.378 e. The minimum atomic E-state index is 0.206. The number of rotatable bonds is 25. The van der Waals surface area contributed by atoms with Gasteiger partial charge >= 0.3 is 0 Å². The molecule has 0 aromatic heterocycles. The first kappa shape index (κ1) is 39.7. The van der Waals surface area contributed by atoms with Crippen LogP contribution in [0.2, 0.25) is 0 Å². The molecule has 0 fully saturated rings. The van der Waals surface area contributed by atoms with Crippen LogP contribution in [-0.2, 0) is 0 Å². The lowest BCUT2D eigenvalue weighted by Gasteiger charge is -2.30. The number of quaternary nitrogens is 1. The Morgan fingerprint density at radius 2 is 0.708 bits per heavy atom. The molecule has 0 aliphatic carbocycles. The van der Waals surface area contributed by atoms with Crippen molar-refractivity contribution in [3.63, 3.8) is 0 Å². The van der Waals surface area contributed by atoms with Gasteiger partial charge in [0, 0.05) is 45.5 Å². The third kappa shape index (κ3) is 14.0. The molecule has 0 unspecified atom stereocenters. The van der Waals surface area contributed by atoms with E-state index >= 15 is 0 Å². The molecule has 3 aromatic rings. The summed E-state index contributed by atoms with van der Waals surface area (Å²) >= 11 is 0. The van der Waals surface area contributed by atoms with Crippen molar-refractivity contribution in [2.24, 2.45) is 0 Å². The van der Waals surface area contributed by atoms with Crippen molar-refractivity contribution in [1.82, 2.24) is 4.48 Å². The van der Waals surface area contributed by atoms with Gasteiger partial charge in [-0.25, -0.2) is 0 Å². The second-order valence-electron chi connectivity index (χ2n) is 15.4. The van der Waals surface area contributed by atoms with Gasteiger partial charge in [-0.1, -0.05) is 146 Å². The molecule has 0 bridgehead atoms. The third-order valence-corrected chi connectivity index (χ3v) is 10.5. The minimum absolute atomic E-state index is 0.206. The van der Waals surface area contributed by atoms with Crippen molar-refractivity contribution >= 4 is 17.1 Å². The average molecular weight is 655 g/mol. The lowest BCUT2D eigenvalue weighted by molar-refractivity contribution is 0.380. The zero-order chi connectivity index (χ0) is 34.6. The maximum atomic E-state index is 2.38. The Morgan fingerprint density at radius 1 is 0.417 bits per heavy atom. The standard InChI is InChI=1S/C45H72N3/c1-8-9-10-11-12-13-14-15-16-17-18-19-20-21-22-23-24-25-38-48(6,7)44-36-30-41(31-37-44)45(39-26-32-42(33-27-39)46(2)3)40-28-34-43(35-29-40)47(4)5/h26-37,45H,8-25,38H2,1-7H3/q+1. The van der Waals surface area contributed by atoms with Gasteiger partial charge in [-0.15, -0.1) is 0 Å². The van der Waals surface area contributed by atoms with Gasteiger partial charge < -0.3 is 9.80 Å². The van der Waals surface area contributed by atoms with Crippen molar-refractivity contribution in [2.75, 3.05) is 58.6 Å². The molecule has 0 amide bonds. The van der Waals surface area contributed by atoms with E-state index in [1.54, 1.807) is 0 Å².